The lowest BCUT2D eigenvalue weighted by Crippen LogP contribution is -2.54. The second-order valence-corrected chi connectivity index (χ2v) is 7.53. The first-order chi connectivity index (χ1) is 14.6. The summed E-state index contributed by atoms with van der Waals surface area (Å²) in [5.74, 6) is -0.328. The van der Waals surface area contributed by atoms with Crippen LogP contribution in [0, 0.1) is 0 Å². The highest BCUT2D eigenvalue weighted by molar-refractivity contribution is 6.04. The fourth-order valence-electron chi connectivity index (χ4n) is 3.77. The van der Waals surface area contributed by atoms with Crippen LogP contribution in [0.15, 0.2) is 66.7 Å². The highest BCUT2D eigenvalue weighted by Crippen LogP contribution is 2.31. The molecule has 1 unspecified atom stereocenters. The maximum Gasteiger partial charge on any atom is 0.251 e. The number of hydrogen-bond acceptors (Lipinski definition) is 4. The molecule has 0 aromatic heterocycles. The molecule has 1 aliphatic heterocycles. The number of rotatable bonds is 5. The Morgan fingerprint density at radius 2 is 1.83 bits per heavy atom. The number of carbonyl (C=O) groups excluding carboxylic acids is 2. The number of para-hydroxylation sites is 2. The standard InChI is InChI=1S/C24H26N4O2/c1-16(25-2)23(29)27-21-14-26-20-12-5-6-13-22(20)28(24(21)30)15-18-10-7-9-17-8-3-4-11-19(17)18/h3-13,16,21,25-26H,14-15H2,1-2H3,(H,27,29)/t16?,21-/m0/s1. The van der Waals surface area contributed by atoms with Crippen LogP contribution >= 0.6 is 0 Å². The third-order valence-electron chi connectivity index (χ3n) is 5.61. The van der Waals surface area contributed by atoms with Crippen molar-refractivity contribution in [2.75, 3.05) is 23.8 Å². The van der Waals surface area contributed by atoms with Crippen molar-refractivity contribution in [1.82, 2.24) is 10.6 Å². The number of hydrogen-bond donors (Lipinski definition) is 3. The van der Waals surface area contributed by atoms with Gasteiger partial charge in [-0.25, -0.2) is 0 Å². The zero-order chi connectivity index (χ0) is 21.1. The van der Waals surface area contributed by atoms with E-state index in [1.54, 1.807) is 18.9 Å². The fourth-order valence-corrected chi connectivity index (χ4v) is 3.77. The molecule has 30 heavy (non-hydrogen) atoms. The number of likely N-dealkylation sites (N-methyl/N-ethyl adjacent to an activating group) is 1. The quantitative estimate of drug-likeness (QED) is 0.614. The van der Waals surface area contributed by atoms with E-state index in [0.717, 1.165) is 27.7 Å². The highest BCUT2D eigenvalue weighted by atomic mass is 16.2. The number of amides is 2. The molecule has 0 spiro atoms. The van der Waals surface area contributed by atoms with Gasteiger partial charge in [-0.3, -0.25) is 9.59 Å². The average molecular weight is 402 g/mol. The molecule has 0 fully saturated rings. The lowest BCUT2D eigenvalue weighted by Gasteiger charge is -2.26. The third-order valence-corrected chi connectivity index (χ3v) is 5.61. The minimum absolute atomic E-state index is 0.128. The van der Waals surface area contributed by atoms with Crippen molar-refractivity contribution in [2.45, 2.75) is 25.6 Å². The summed E-state index contributed by atoms with van der Waals surface area (Å²) in [5, 5.41) is 11.4. The lowest BCUT2D eigenvalue weighted by atomic mass is 10.0. The zero-order valence-corrected chi connectivity index (χ0v) is 17.2. The van der Waals surface area contributed by atoms with Gasteiger partial charge in [-0.05, 0) is 42.4 Å². The Kier molecular flexibility index (Phi) is 5.68. The van der Waals surface area contributed by atoms with Gasteiger partial charge in [-0.1, -0.05) is 54.6 Å². The van der Waals surface area contributed by atoms with Gasteiger partial charge in [0.05, 0.1) is 24.0 Å². The van der Waals surface area contributed by atoms with Crippen molar-refractivity contribution in [3.8, 4) is 0 Å². The highest BCUT2D eigenvalue weighted by Gasteiger charge is 2.32. The van der Waals surface area contributed by atoms with Gasteiger partial charge in [0, 0.05) is 6.54 Å². The molecule has 1 heterocycles. The minimum atomic E-state index is -0.657. The van der Waals surface area contributed by atoms with Crippen molar-refractivity contribution < 1.29 is 9.59 Å². The number of benzene rings is 3. The number of nitrogens with one attached hydrogen (secondary N) is 3. The molecule has 0 aliphatic carbocycles. The van der Waals surface area contributed by atoms with Crippen LogP contribution < -0.4 is 20.9 Å². The van der Waals surface area contributed by atoms with Crippen LogP contribution in [-0.2, 0) is 16.1 Å². The molecule has 0 saturated heterocycles. The van der Waals surface area contributed by atoms with Crippen molar-refractivity contribution >= 4 is 34.0 Å². The van der Waals surface area contributed by atoms with E-state index in [4.69, 9.17) is 0 Å². The van der Waals surface area contributed by atoms with Crippen molar-refractivity contribution in [3.05, 3.63) is 72.3 Å². The van der Waals surface area contributed by atoms with Crippen LogP contribution in [0.25, 0.3) is 10.8 Å². The van der Waals surface area contributed by atoms with E-state index in [1.165, 1.54) is 0 Å². The number of carbonyl (C=O) groups is 2. The van der Waals surface area contributed by atoms with Crippen LogP contribution in [0.4, 0.5) is 11.4 Å². The summed E-state index contributed by atoms with van der Waals surface area (Å²) in [6.45, 7) is 2.53. The van der Waals surface area contributed by atoms with Gasteiger partial charge >= 0.3 is 0 Å². The molecular weight excluding hydrogens is 376 g/mol. The second kappa shape index (κ2) is 8.55. The van der Waals surface area contributed by atoms with E-state index in [0.29, 0.717) is 13.1 Å². The van der Waals surface area contributed by atoms with E-state index >= 15 is 0 Å². The zero-order valence-electron chi connectivity index (χ0n) is 17.2. The molecule has 154 valence electrons. The monoisotopic (exact) mass is 402 g/mol. The third kappa shape index (κ3) is 3.86. The number of anilines is 2. The molecule has 6 nitrogen and oxygen atoms in total. The van der Waals surface area contributed by atoms with Gasteiger partial charge in [0.25, 0.3) is 5.91 Å². The van der Waals surface area contributed by atoms with Crippen molar-refractivity contribution in [2.24, 2.45) is 0 Å². The van der Waals surface area contributed by atoms with E-state index in [1.807, 2.05) is 48.5 Å². The molecule has 2 atom stereocenters. The Hall–Kier alpha value is -3.38. The fraction of sp³-hybridized carbons (Fsp3) is 0.250. The summed E-state index contributed by atoms with van der Waals surface area (Å²) in [6, 6.07) is 21.0. The summed E-state index contributed by atoms with van der Waals surface area (Å²) in [4.78, 5) is 27.8. The van der Waals surface area contributed by atoms with E-state index in [2.05, 4.69) is 34.1 Å². The Bertz CT molecular complexity index is 1080. The smallest absolute Gasteiger partial charge is 0.251 e. The number of nitrogens with zero attached hydrogens (tertiary/aromatic N) is 1. The summed E-state index contributed by atoms with van der Waals surface area (Å²) in [6.07, 6.45) is 0. The van der Waals surface area contributed by atoms with Crippen LogP contribution in [0.3, 0.4) is 0 Å². The van der Waals surface area contributed by atoms with Crippen LogP contribution in [0.5, 0.6) is 0 Å². The Morgan fingerprint density at radius 3 is 2.67 bits per heavy atom. The molecule has 0 bridgehead atoms. The summed E-state index contributed by atoms with van der Waals surface area (Å²) in [5.41, 5.74) is 2.75. The van der Waals surface area contributed by atoms with Crippen LogP contribution in [0.1, 0.15) is 12.5 Å². The molecule has 3 N–H and O–H groups in total. The molecule has 6 heteroatoms. The Labute approximate surface area is 176 Å². The average Bonchev–Trinajstić information content (AvgIpc) is 2.91. The maximum absolute atomic E-state index is 13.5. The van der Waals surface area contributed by atoms with Crippen LogP contribution in [0.2, 0.25) is 0 Å². The van der Waals surface area contributed by atoms with E-state index in [-0.39, 0.29) is 17.9 Å². The molecule has 2 amide bonds. The molecule has 4 rings (SSSR count). The second-order valence-electron chi connectivity index (χ2n) is 7.53. The predicted molar refractivity (Wildman–Crippen MR) is 121 cm³/mol. The van der Waals surface area contributed by atoms with Gasteiger partial charge < -0.3 is 20.9 Å². The normalized spacial score (nSPS) is 17.1. The van der Waals surface area contributed by atoms with Gasteiger partial charge in [0.15, 0.2) is 0 Å². The van der Waals surface area contributed by atoms with E-state index < -0.39 is 6.04 Å². The Morgan fingerprint density at radius 1 is 1.10 bits per heavy atom. The van der Waals surface area contributed by atoms with Gasteiger partial charge in [0.1, 0.15) is 6.04 Å². The van der Waals surface area contributed by atoms with Gasteiger partial charge in [-0.15, -0.1) is 0 Å². The van der Waals surface area contributed by atoms with Gasteiger partial charge in [0.2, 0.25) is 5.91 Å². The first kappa shape index (κ1) is 19.9. The van der Waals surface area contributed by atoms with E-state index in [9.17, 15) is 9.59 Å². The summed E-state index contributed by atoms with van der Waals surface area (Å²) >= 11 is 0. The Balaban J connectivity index is 1.70. The molecule has 1 aliphatic rings. The van der Waals surface area contributed by atoms with Gasteiger partial charge in [-0.2, -0.15) is 0 Å². The first-order valence-electron chi connectivity index (χ1n) is 10.2. The molecular formula is C24H26N4O2. The van der Waals surface area contributed by atoms with Crippen molar-refractivity contribution in [1.29, 1.82) is 0 Å². The molecule has 0 radical (unpaired) electrons. The molecule has 3 aromatic carbocycles. The largest absolute Gasteiger partial charge is 0.381 e. The summed E-state index contributed by atoms with van der Waals surface area (Å²) in [7, 11) is 1.72. The minimum Gasteiger partial charge on any atom is -0.381 e. The number of fused-ring (bicyclic) bond motifs is 2. The SMILES string of the molecule is CNC(C)C(=O)N[C@H]1CNc2ccccc2N(Cc2cccc3ccccc23)C1=O. The molecule has 0 saturated carbocycles. The molecule has 3 aromatic rings. The maximum atomic E-state index is 13.5. The van der Waals surface area contributed by atoms with Crippen molar-refractivity contribution in [3.63, 3.8) is 0 Å². The summed E-state index contributed by atoms with van der Waals surface area (Å²) < 4.78 is 0. The lowest BCUT2D eigenvalue weighted by molar-refractivity contribution is -0.128. The van der Waals surface area contributed by atoms with Crippen LogP contribution in [-0.4, -0.2) is 37.5 Å². The predicted octanol–water partition coefficient (Wildman–Crippen LogP) is 2.89. The first-order valence-corrected chi connectivity index (χ1v) is 10.2. The topological polar surface area (TPSA) is 73.5 Å².